The molecule has 0 aliphatic heterocycles. The van der Waals surface area contributed by atoms with Gasteiger partial charge in [-0.15, -0.1) is 0 Å². The van der Waals surface area contributed by atoms with Crippen LogP contribution in [0.3, 0.4) is 0 Å². The average molecular weight is 237 g/mol. The zero-order valence-electron chi connectivity index (χ0n) is 11.0. The molecule has 0 fully saturated rings. The van der Waals surface area contributed by atoms with Gasteiger partial charge in [-0.25, -0.2) is 0 Å². The largest absolute Gasteiger partial charge is 0.462 e. The molecular formula is C17H17O. The fraction of sp³-hybridized carbons (Fsp3) is 0.235. The SMILES string of the molecule is Cc1ccc(C2=Cc3c(cccc3C(C)C)[CH]2)o1. The number of benzene rings is 1. The highest BCUT2D eigenvalue weighted by Gasteiger charge is 2.19. The summed E-state index contributed by atoms with van der Waals surface area (Å²) in [6.07, 6.45) is 4.45. The second kappa shape index (κ2) is 4.16. The molecular weight excluding hydrogens is 220 g/mol. The van der Waals surface area contributed by atoms with Gasteiger partial charge in [-0.1, -0.05) is 32.0 Å². The number of fused-ring (bicyclic) bond motifs is 1. The van der Waals surface area contributed by atoms with E-state index in [-0.39, 0.29) is 0 Å². The first kappa shape index (κ1) is 11.3. The third-order valence-corrected chi connectivity index (χ3v) is 3.43. The van der Waals surface area contributed by atoms with E-state index in [1.807, 2.05) is 19.1 Å². The molecule has 1 aromatic carbocycles. The fourth-order valence-corrected chi connectivity index (χ4v) is 2.49. The highest BCUT2D eigenvalue weighted by molar-refractivity contribution is 5.94. The molecule has 0 amide bonds. The molecule has 18 heavy (non-hydrogen) atoms. The summed E-state index contributed by atoms with van der Waals surface area (Å²) >= 11 is 0. The van der Waals surface area contributed by atoms with Crippen LogP contribution < -0.4 is 0 Å². The summed E-state index contributed by atoms with van der Waals surface area (Å²) in [7, 11) is 0. The van der Waals surface area contributed by atoms with E-state index in [2.05, 4.69) is 44.5 Å². The predicted octanol–water partition coefficient (Wildman–Crippen LogP) is 4.82. The van der Waals surface area contributed by atoms with Crippen molar-refractivity contribution in [2.24, 2.45) is 0 Å². The Kier molecular flexibility index (Phi) is 2.62. The first-order valence-electron chi connectivity index (χ1n) is 6.41. The molecule has 0 atom stereocenters. The highest BCUT2D eigenvalue weighted by Crippen LogP contribution is 2.37. The molecule has 0 N–H and O–H groups in total. The van der Waals surface area contributed by atoms with E-state index in [4.69, 9.17) is 4.42 Å². The maximum atomic E-state index is 5.70. The standard InChI is InChI=1S/C17H17O/c1-11(2)15-6-4-5-13-9-14(10-16(13)15)17-8-7-12(3)18-17/h4-11H,1-3H3. The van der Waals surface area contributed by atoms with E-state index in [9.17, 15) is 0 Å². The highest BCUT2D eigenvalue weighted by atomic mass is 16.3. The van der Waals surface area contributed by atoms with Crippen LogP contribution in [0.15, 0.2) is 34.7 Å². The quantitative estimate of drug-likeness (QED) is 0.730. The van der Waals surface area contributed by atoms with Crippen LogP contribution in [-0.4, -0.2) is 0 Å². The summed E-state index contributed by atoms with van der Waals surface area (Å²) in [6, 6.07) is 10.6. The van der Waals surface area contributed by atoms with Crippen molar-refractivity contribution < 1.29 is 4.42 Å². The Morgan fingerprint density at radius 3 is 2.56 bits per heavy atom. The molecule has 1 heteroatoms. The Labute approximate surface area is 108 Å². The van der Waals surface area contributed by atoms with Crippen molar-refractivity contribution in [2.75, 3.05) is 0 Å². The van der Waals surface area contributed by atoms with Gasteiger partial charge in [0.05, 0.1) is 0 Å². The second-order valence-electron chi connectivity index (χ2n) is 5.16. The molecule has 1 aromatic heterocycles. The molecule has 1 aliphatic carbocycles. The number of hydrogen-bond donors (Lipinski definition) is 0. The van der Waals surface area contributed by atoms with Crippen LogP contribution in [-0.2, 0) is 0 Å². The van der Waals surface area contributed by atoms with Gasteiger partial charge in [-0.3, -0.25) is 0 Å². The van der Waals surface area contributed by atoms with Gasteiger partial charge in [0.1, 0.15) is 11.5 Å². The van der Waals surface area contributed by atoms with Crippen LogP contribution >= 0.6 is 0 Å². The van der Waals surface area contributed by atoms with Crippen LogP contribution in [0.1, 0.15) is 48.0 Å². The number of aryl methyl sites for hydroxylation is 1. The number of hydrogen-bond acceptors (Lipinski definition) is 1. The van der Waals surface area contributed by atoms with Gasteiger partial charge in [0.2, 0.25) is 0 Å². The molecule has 0 saturated heterocycles. The van der Waals surface area contributed by atoms with Crippen molar-refractivity contribution >= 4 is 11.6 Å². The van der Waals surface area contributed by atoms with Crippen LogP contribution in [0, 0.1) is 13.3 Å². The molecule has 91 valence electrons. The molecule has 0 saturated carbocycles. The van der Waals surface area contributed by atoms with E-state index in [0.717, 1.165) is 11.5 Å². The Morgan fingerprint density at radius 1 is 1.06 bits per heavy atom. The van der Waals surface area contributed by atoms with Gasteiger partial charge < -0.3 is 4.42 Å². The summed E-state index contributed by atoms with van der Waals surface area (Å²) in [6.45, 7) is 6.45. The van der Waals surface area contributed by atoms with E-state index in [1.54, 1.807) is 0 Å². The monoisotopic (exact) mass is 237 g/mol. The average Bonchev–Trinajstić information content (AvgIpc) is 2.93. The van der Waals surface area contributed by atoms with Crippen LogP contribution in [0.5, 0.6) is 0 Å². The minimum absolute atomic E-state index is 0.544. The normalized spacial score (nSPS) is 13.9. The molecule has 1 aliphatic rings. The molecule has 1 radical (unpaired) electrons. The van der Waals surface area contributed by atoms with Crippen molar-refractivity contribution in [3.63, 3.8) is 0 Å². The van der Waals surface area contributed by atoms with Gasteiger partial charge in [0.15, 0.2) is 0 Å². The summed E-state index contributed by atoms with van der Waals surface area (Å²) in [5.74, 6) is 2.46. The van der Waals surface area contributed by atoms with E-state index in [1.165, 1.54) is 22.3 Å². The van der Waals surface area contributed by atoms with Gasteiger partial charge in [-0.2, -0.15) is 0 Å². The molecule has 1 heterocycles. The van der Waals surface area contributed by atoms with Crippen LogP contribution in [0.4, 0.5) is 0 Å². The lowest BCUT2D eigenvalue weighted by molar-refractivity contribution is 0.522. The Bertz CT molecular complexity index is 614. The molecule has 3 rings (SSSR count). The van der Waals surface area contributed by atoms with Gasteiger partial charge in [0, 0.05) is 12.0 Å². The lowest BCUT2D eigenvalue weighted by atomic mass is 9.95. The molecule has 1 nitrogen and oxygen atoms in total. The Balaban J connectivity index is 2.05. The van der Waals surface area contributed by atoms with Gasteiger partial charge in [-0.05, 0) is 47.7 Å². The minimum Gasteiger partial charge on any atom is -0.462 e. The van der Waals surface area contributed by atoms with Crippen molar-refractivity contribution in [3.8, 4) is 0 Å². The number of rotatable bonds is 2. The van der Waals surface area contributed by atoms with Gasteiger partial charge in [0.25, 0.3) is 0 Å². The summed E-state index contributed by atoms with van der Waals surface area (Å²) < 4.78 is 5.70. The third kappa shape index (κ3) is 1.80. The third-order valence-electron chi connectivity index (χ3n) is 3.43. The van der Waals surface area contributed by atoms with Crippen LogP contribution in [0.2, 0.25) is 0 Å². The van der Waals surface area contributed by atoms with Crippen molar-refractivity contribution in [3.05, 3.63) is 65.0 Å². The minimum atomic E-state index is 0.544. The molecule has 0 unspecified atom stereocenters. The summed E-state index contributed by atoms with van der Waals surface area (Å²) in [5, 5.41) is 0. The van der Waals surface area contributed by atoms with Crippen molar-refractivity contribution in [1.82, 2.24) is 0 Å². The summed E-state index contributed by atoms with van der Waals surface area (Å²) in [5.41, 5.74) is 5.22. The number of allylic oxidation sites excluding steroid dienone is 1. The van der Waals surface area contributed by atoms with E-state index in [0.29, 0.717) is 5.92 Å². The second-order valence-corrected chi connectivity index (χ2v) is 5.16. The number of furan rings is 1. The molecule has 0 bridgehead atoms. The Hall–Kier alpha value is -1.76. The smallest absolute Gasteiger partial charge is 0.130 e. The summed E-state index contributed by atoms with van der Waals surface area (Å²) in [4.78, 5) is 0. The maximum absolute atomic E-state index is 5.70. The first-order valence-corrected chi connectivity index (χ1v) is 6.41. The molecule has 0 spiro atoms. The first-order chi connectivity index (χ1) is 8.65. The van der Waals surface area contributed by atoms with Gasteiger partial charge >= 0.3 is 0 Å². The van der Waals surface area contributed by atoms with E-state index >= 15 is 0 Å². The van der Waals surface area contributed by atoms with Crippen molar-refractivity contribution in [1.29, 1.82) is 0 Å². The van der Waals surface area contributed by atoms with Crippen molar-refractivity contribution in [2.45, 2.75) is 26.7 Å². The van der Waals surface area contributed by atoms with Crippen LogP contribution in [0.25, 0.3) is 11.6 Å². The molecule has 2 aromatic rings. The lowest BCUT2D eigenvalue weighted by Crippen LogP contribution is -1.92. The zero-order valence-corrected chi connectivity index (χ0v) is 11.0. The predicted molar refractivity (Wildman–Crippen MR) is 75.2 cm³/mol. The fourth-order valence-electron chi connectivity index (χ4n) is 2.49. The topological polar surface area (TPSA) is 13.1 Å². The lowest BCUT2D eigenvalue weighted by Gasteiger charge is -2.10. The van der Waals surface area contributed by atoms with E-state index < -0.39 is 0 Å². The zero-order chi connectivity index (χ0) is 12.7. The maximum Gasteiger partial charge on any atom is 0.130 e. The Morgan fingerprint density at radius 2 is 1.89 bits per heavy atom.